The van der Waals surface area contributed by atoms with Crippen LogP contribution in [0.3, 0.4) is 0 Å². The monoisotopic (exact) mass is 407 g/mol. The zero-order chi connectivity index (χ0) is 21.0. The number of benzene rings is 2. The Hall–Kier alpha value is -2.37. The molecule has 2 N–H and O–H groups in total. The van der Waals surface area contributed by atoms with Crippen molar-refractivity contribution in [3.63, 3.8) is 0 Å². The fourth-order valence-electron chi connectivity index (χ4n) is 3.75. The highest BCUT2D eigenvalue weighted by atomic mass is 15.2. The van der Waals surface area contributed by atoms with Crippen LogP contribution in [0.25, 0.3) is 0 Å². The molecule has 0 radical (unpaired) electrons. The number of nitrogens with zero attached hydrogens (tertiary/aromatic N) is 3. The summed E-state index contributed by atoms with van der Waals surface area (Å²) in [7, 11) is 2.22. The summed E-state index contributed by atoms with van der Waals surface area (Å²) in [6.07, 6.45) is 2.25. The normalized spacial score (nSPS) is 16.3. The molecule has 1 aliphatic heterocycles. The first-order valence-electron chi connectivity index (χ1n) is 11.3. The second-order valence-electron chi connectivity index (χ2n) is 8.11. The number of guanidine groups is 1. The van der Waals surface area contributed by atoms with Gasteiger partial charge in [-0.15, -0.1) is 0 Å². The molecule has 162 valence electrons. The first kappa shape index (κ1) is 22.3. The number of likely N-dealkylation sites (N-methyl/N-ethyl adjacent to an activating group) is 1. The molecule has 0 bridgehead atoms. The summed E-state index contributed by atoms with van der Waals surface area (Å²) in [5.41, 5.74) is 3.97. The Morgan fingerprint density at radius 2 is 1.63 bits per heavy atom. The van der Waals surface area contributed by atoms with Gasteiger partial charge in [-0.05, 0) is 56.6 Å². The van der Waals surface area contributed by atoms with Crippen LogP contribution in [0, 0.1) is 0 Å². The van der Waals surface area contributed by atoms with Gasteiger partial charge in [0.25, 0.3) is 0 Å². The fraction of sp³-hybridized carbons (Fsp3) is 0.480. The predicted molar refractivity (Wildman–Crippen MR) is 127 cm³/mol. The number of aliphatic imine (C=N–C) groups is 1. The van der Waals surface area contributed by atoms with Crippen LogP contribution in [0.2, 0.25) is 0 Å². The fourth-order valence-corrected chi connectivity index (χ4v) is 3.75. The molecule has 1 aliphatic rings. The van der Waals surface area contributed by atoms with Crippen molar-refractivity contribution in [3.8, 4) is 0 Å². The summed E-state index contributed by atoms with van der Waals surface area (Å²) in [6, 6.07) is 19.5. The maximum absolute atomic E-state index is 4.76. The maximum atomic E-state index is 4.76. The molecule has 0 saturated carbocycles. The smallest absolute Gasteiger partial charge is 0.191 e. The summed E-state index contributed by atoms with van der Waals surface area (Å²) >= 11 is 0. The first-order chi connectivity index (χ1) is 14.7. The van der Waals surface area contributed by atoms with E-state index in [0.29, 0.717) is 6.54 Å². The molecule has 0 spiro atoms. The van der Waals surface area contributed by atoms with E-state index in [1.54, 1.807) is 0 Å². The third kappa shape index (κ3) is 7.81. The Balaban J connectivity index is 1.47. The summed E-state index contributed by atoms with van der Waals surface area (Å²) in [6.45, 7) is 10.3. The van der Waals surface area contributed by atoms with Crippen molar-refractivity contribution in [3.05, 3.63) is 71.3 Å². The van der Waals surface area contributed by atoms with E-state index in [4.69, 9.17) is 4.99 Å². The average Bonchev–Trinajstić information content (AvgIpc) is 2.98. The lowest BCUT2D eigenvalue weighted by molar-refractivity contribution is 0.269. The minimum absolute atomic E-state index is 0.690. The van der Waals surface area contributed by atoms with Gasteiger partial charge in [-0.2, -0.15) is 0 Å². The van der Waals surface area contributed by atoms with Crippen LogP contribution in [0.15, 0.2) is 59.6 Å². The standard InChI is InChI=1S/C25H37N5/c1-3-26-25(27-15-14-22-8-5-4-6-9-22)28-20-23-10-12-24(13-11-23)21-30-17-7-16-29(2)18-19-30/h4-6,8-13H,3,7,14-21H2,1-2H3,(H2,26,27,28). The van der Waals surface area contributed by atoms with Crippen molar-refractivity contribution < 1.29 is 0 Å². The van der Waals surface area contributed by atoms with Crippen molar-refractivity contribution in [1.29, 1.82) is 0 Å². The molecule has 1 fully saturated rings. The van der Waals surface area contributed by atoms with Crippen molar-refractivity contribution >= 4 is 5.96 Å². The van der Waals surface area contributed by atoms with Gasteiger partial charge in [-0.3, -0.25) is 4.90 Å². The average molecular weight is 408 g/mol. The van der Waals surface area contributed by atoms with E-state index in [0.717, 1.165) is 45.1 Å². The molecule has 0 aromatic heterocycles. The van der Waals surface area contributed by atoms with Gasteiger partial charge in [-0.25, -0.2) is 4.99 Å². The van der Waals surface area contributed by atoms with Gasteiger partial charge >= 0.3 is 0 Å². The highest BCUT2D eigenvalue weighted by Crippen LogP contribution is 2.11. The predicted octanol–water partition coefficient (Wildman–Crippen LogP) is 3.12. The van der Waals surface area contributed by atoms with Crippen LogP contribution < -0.4 is 10.6 Å². The molecule has 0 amide bonds. The zero-order valence-corrected chi connectivity index (χ0v) is 18.6. The Morgan fingerprint density at radius 1 is 0.867 bits per heavy atom. The Kier molecular flexibility index (Phi) is 9.19. The lowest BCUT2D eigenvalue weighted by atomic mass is 10.1. The molecular weight excluding hydrogens is 370 g/mol. The maximum Gasteiger partial charge on any atom is 0.191 e. The van der Waals surface area contributed by atoms with E-state index in [9.17, 15) is 0 Å². The van der Waals surface area contributed by atoms with Gasteiger partial charge in [0.2, 0.25) is 0 Å². The highest BCUT2D eigenvalue weighted by Gasteiger charge is 2.12. The second kappa shape index (κ2) is 12.4. The summed E-state index contributed by atoms with van der Waals surface area (Å²) < 4.78 is 0. The topological polar surface area (TPSA) is 42.9 Å². The molecule has 2 aromatic carbocycles. The molecule has 0 unspecified atom stereocenters. The Labute approximate surface area is 182 Å². The molecule has 1 saturated heterocycles. The van der Waals surface area contributed by atoms with E-state index in [1.807, 2.05) is 0 Å². The Morgan fingerprint density at radius 3 is 2.40 bits per heavy atom. The molecular formula is C25H37N5. The lowest BCUT2D eigenvalue weighted by Gasteiger charge is -2.20. The first-order valence-corrected chi connectivity index (χ1v) is 11.3. The number of nitrogens with one attached hydrogen (secondary N) is 2. The van der Waals surface area contributed by atoms with Gasteiger partial charge in [0, 0.05) is 32.7 Å². The SMILES string of the molecule is CCNC(=NCc1ccc(CN2CCCN(C)CC2)cc1)NCCc1ccccc1. The number of hydrogen-bond acceptors (Lipinski definition) is 3. The number of hydrogen-bond donors (Lipinski definition) is 2. The van der Waals surface area contributed by atoms with E-state index in [-0.39, 0.29) is 0 Å². The Bertz CT molecular complexity index is 757. The van der Waals surface area contributed by atoms with Crippen LogP contribution in [0.5, 0.6) is 0 Å². The van der Waals surface area contributed by atoms with Crippen molar-refractivity contribution in [1.82, 2.24) is 20.4 Å². The molecule has 0 aliphatic carbocycles. The van der Waals surface area contributed by atoms with Crippen molar-refractivity contribution in [2.45, 2.75) is 32.9 Å². The summed E-state index contributed by atoms with van der Waals surface area (Å²) in [4.78, 5) is 9.75. The minimum atomic E-state index is 0.690. The molecule has 3 rings (SSSR count). The van der Waals surface area contributed by atoms with Gasteiger partial charge in [0.15, 0.2) is 5.96 Å². The summed E-state index contributed by atoms with van der Waals surface area (Å²) in [5.74, 6) is 0.881. The minimum Gasteiger partial charge on any atom is -0.357 e. The van der Waals surface area contributed by atoms with E-state index < -0.39 is 0 Å². The van der Waals surface area contributed by atoms with E-state index in [2.05, 4.69) is 89.0 Å². The highest BCUT2D eigenvalue weighted by molar-refractivity contribution is 5.79. The molecule has 5 heteroatoms. The van der Waals surface area contributed by atoms with Crippen LogP contribution in [0.4, 0.5) is 0 Å². The molecule has 1 heterocycles. The van der Waals surface area contributed by atoms with Crippen LogP contribution in [0.1, 0.15) is 30.0 Å². The second-order valence-corrected chi connectivity index (χ2v) is 8.11. The zero-order valence-electron chi connectivity index (χ0n) is 18.6. The van der Waals surface area contributed by atoms with E-state index in [1.165, 1.54) is 36.2 Å². The quantitative estimate of drug-likeness (QED) is 0.521. The van der Waals surface area contributed by atoms with Gasteiger partial charge in [0.05, 0.1) is 6.54 Å². The van der Waals surface area contributed by atoms with Crippen molar-refractivity contribution in [2.75, 3.05) is 46.3 Å². The van der Waals surface area contributed by atoms with Crippen LogP contribution >= 0.6 is 0 Å². The third-order valence-electron chi connectivity index (χ3n) is 5.55. The van der Waals surface area contributed by atoms with Crippen LogP contribution in [-0.4, -0.2) is 62.1 Å². The van der Waals surface area contributed by atoms with Gasteiger partial charge in [0.1, 0.15) is 0 Å². The molecule has 2 aromatic rings. The number of rotatable bonds is 8. The van der Waals surface area contributed by atoms with Gasteiger partial charge in [-0.1, -0.05) is 54.6 Å². The van der Waals surface area contributed by atoms with E-state index >= 15 is 0 Å². The third-order valence-corrected chi connectivity index (χ3v) is 5.55. The molecule has 0 atom stereocenters. The van der Waals surface area contributed by atoms with Crippen molar-refractivity contribution in [2.24, 2.45) is 4.99 Å². The van der Waals surface area contributed by atoms with Crippen LogP contribution in [-0.2, 0) is 19.5 Å². The molecule has 5 nitrogen and oxygen atoms in total. The lowest BCUT2D eigenvalue weighted by Crippen LogP contribution is -2.38. The molecule has 30 heavy (non-hydrogen) atoms. The van der Waals surface area contributed by atoms with Gasteiger partial charge < -0.3 is 15.5 Å². The summed E-state index contributed by atoms with van der Waals surface area (Å²) in [5, 5.41) is 6.79. The largest absolute Gasteiger partial charge is 0.357 e.